The number of amides is 1. The Kier molecular flexibility index (Phi) is 4.41. The average molecular weight is 380 g/mol. The number of benzene rings is 2. The molecule has 0 fully saturated rings. The first-order chi connectivity index (χ1) is 12.6. The van der Waals surface area contributed by atoms with E-state index in [9.17, 15) is 4.79 Å². The molecule has 2 aromatic carbocycles. The number of aryl methyl sites for hydroxylation is 1. The Labute approximate surface area is 159 Å². The van der Waals surface area contributed by atoms with Crippen molar-refractivity contribution in [1.29, 1.82) is 0 Å². The number of rotatable bonds is 3. The first-order valence-electron chi connectivity index (χ1n) is 7.98. The molecule has 0 unspecified atom stereocenters. The maximum absolute atomic E-state index is 12.8. The summed E-state index contributed by atoms with van der Waals surface area (Å²) in [6.45, 7) is 1.83. The summed E-state index contributed by atoms with van der Waals surface area (Å²) in [5, 5.41) is 7.24. The fourth-order valence-electron chi connectivity index (χ4n) is 2.77. The zero-order valence-electron chi connectivity index (χ0n) is 13.9. The van der Waals surface area contributed by atoms with Gasteiger partial charge in [-0.1, -0.05) is 23.7 Å². The SMILES string of the molecule is Cc1nc2ccc(Cl)cc2cc1C(=O)Nc1cccc(-c2nccs2)c1. The predicted octanol–water partition coefficient (Wildman–Crippen LogP) is 5.57. The van der Waals surface area contributed by atoms with Crippen molar-refractivity contribution in [3.63, 3.8) is 0 Å². The van der Waals surface area contributed by atoms with Crippen LogP contribution < -0.4 is 5.32 Å². The van der Waals surface area contributed by atoms with Crippen LogP contribution in [0.25, 0.3) is 21.5 Å². The molecule has 0 saturated carbocycles. The summed E-state index contributed by atoms with van der Waals surface area (Å²) < 4.78 is 0. The lowest BCUT2D eigenvalue weighted by molar-refractivity contribution is 0.102. The van der Waals surface area contributed by atoms with E-state index < -0.39 is 0 Å². The van der Waals surface area contributed by atoms with Gasteiger partial charge in [0.15, 0.2) is 0 Å². The topological polar surface area (TPSA) is 54.9 Å². The normalized spacial score (nSPS) is 10.8. The third kappa shape index (κ3) is 3.31. The van der Waals surface area contributed by atoms with Gasteiger partial charge in [0.25, 0.3) is 5.91 Å². The van der Waals surface area contributed by atoms with E-state index in [0.29, 0.717) is 22.0 Å². The van der Waals surface area contributed by atoms with Gasteiger partial charge >= 0.3 is 0 Å². The molecule has 4 aromatic rings. The molecule has 4 rings (SSSR count). The molecule has 2 heterocycles. The van der Waals surface area contributed by atoms with Gasteiger partial charge in [-0.05, 0) is 43.3 Å². The third-order valence-electron chi connectivity index (χ3n) is 4.01. The van der Waals surface area contributed by atoms with Gasteiger partial charge in [-0.2, -0.15) is 0 Å². The van der Waals surface area contributed by atoms with Gasteiger partial charge in [0, 0.05) is 33.2 Å². The van der Waals surface area contributed by atoms with E-state index in [1.165, 1.54) is 0 Å². The smallest absolute Gasteiger partial charge is 0.257 e. The number of hydrogen-bond donors (Lipinski definition) is 1. The van der Waals surface area contributed by atoms with Crippen molar-refractivity contribution in [2.24, 2.45) is 0 Å². The van der Waals surface area contributed by atoms with E-state index in [1.807, 2.05) is 54.8 Å². The Hall–Kier alpha value is -2.76. The Morgan fingerprint density at radius 3 is 2.85 bits per heavy atom. The van der Waals surface area contributed by atoms with Crippen molar-refractivity contribution < 1.29 is 4.79 Å². The Bertz CT molecular complexity index is 1110. The lowest BCUT2D eigenvalue weighted by Crippen LogP contribution is -2.14. The molecule has 2 aromatic heterocycles. The van der Waals surface area contributed by atoms with Gasteiger partial charge in [0.05, 0.1) is 16.8 Å². The zero-order valence-corrected chi connectivity index (χ0v) is 15.4. The lowest BCUT2D eigenvalue weighted by Gasteiger charge is -2.10. The number of carbonyl (C=O) groups excluding carboxylic acids is 1. The Morgan fingerprint density at radius 2 is 2.04 bits per heavy atom. The van der Waals surface area contributed by atoms with Crippen LogP contribution in [0.2, 0.25) is 5.02 Å². The monoisotopic (exact) mass is 379 g/mol. The van der Waals surface area contributed by atoms with Crippen LogP contribution >= 0.6 is 22.9 Å². The maximum Gasteiger partial charge on any atom is 0.257 e. The highest BCUT2D eigenvalue weighted by molar-refractivity contribution is 7.13. The van der Waals surface area contributed by atoms with Gasteiger partial charge < -0.3 is 5.32 Å². The second-order valence-corrected chi connectivity index (χ2v) is 7.16. The molecule has 6 heteroatoms. The van der Waals surface area contributed by atoms with Crippen LogP contribution in [-0.4, -0.2) is 15.9 Å². The Morgan fingerprint density at radius 1 is 1.15 bits per heavy atom. The van der Waals surface area contributed by atoms with Gasteiger partial charge in [0.1, 0.15) is 5.01 Å². The van der Waals surface area contributed by atoms with Crippen molar-refractivity contribution >= 4 is 45.4 Å². The first kappa shape index (κ1) is 16.7. The number of nitrogens with one attached hydrogen (secondary N) is 1. The first-order valence-corrected chi connectivity index (χ1v) is 9.24. The summed E-state index contributed by atoms with van der Waals surface area (Å²) in [4.78, 5) is 21.6. The number of thiazole rings is 1. The minimum Gasteiger partial charge on any atom is -0.322 e. The molecular formula is C20H14ClN3OS. The van der Waals surface area contributed by atoms with Gasteiger partial charge in [0.2, 0.25) is 0 Å². The minimum atomic E-state index is -0.201. The van der Waals surface area contributed by atoms with Crippen LogP contribution in [0.1, 0.15) is 16.1 Å². The van der Waals surface area contributed by atoms with Crippen molar-refractivity contribution in [3.05, 3.63) is 76.4 Å². The second-order valence-electron chi connectivity index (χ2n) is 5.83. The second kappa shape index (κ2) is 6.86. The highest BCUT2D eigenvalue weighted by Gasteiger charge is 2.13. The molecule has 26 heavy (non-hydrogen) atoms. The number of nitrogens with zero attached hydrogens (tertiary/aromatic N) is 2. The fraction of sp³-hybridized carbons (Fsp3) is 0.0500. The summed E-state index contributed by atoms with van der Waals surface area (Å²) in [5.74, 6) is -0.201. The van der Waals surface area contributed by atoms with E-state index in [0.717, 1.165) is 21.5 Å². The van der Waals surface area contributed by atoms with Gasteiger partial charge in [-0.15, -0.1) is 11.3 Å². The van der Waals surface area contributed by atoms with E-state index in [2.05, 4.69) is 15.3 Å². The summed E-state index contributed by atoms with van der Waals surface area (Å²) in [6.07, 6.45) is 1.76. The molecule has 0 atom stereocenters. The molecule has 4 nitrogen and oxygen atoms in total. The summed E-state index contributed by atoms with van der Waals surface area (Å²) in [6, 6.07) is 14.9. The maximum atomic E-state index is 12.8. The lowest BCUT2D eigenvalue weighted by atomic mass is 10.1. The number of pyridine rings is 1. The molecule has 0 radical (unpaired) electrons. The standard InChI is InChI=1S/C20H14ClN3OS/c1-12-17(11-14-9-15(21)5-6-18(14)23-12)19(25)24-16-4-2-3-13(10-16)20-22-7-8-26-20/h2-11H,1H3,(H,24,25). The molecule has 0 bridgehead atoms. The highest BCUT2D eigenvalue weighted by Crippen LogP contribution is 2.25. The molecule has 0 aliphatic carbocycles. The number of fused-ring (bicyclic) bond motifs is 1. The van der Waals surface area contributed by atoms with Crippen LogP contribution in [0.5, 0.6) is 0 Å². The number of hydrogen-bond acceptors (Lipinski definition) is 4. The third-order valence-corrected chi connectivity index (χ3v) is 5.07. The van der Waals surface area contributed by atoms with Crippen molar-refractivity contribution in [3.8, 4) is 10.6 Å². The van der Waals surface area contributed by atoms with Crippen LogP contribution in [0, 0.1) is 6.92 Å². The van der Waals surface area contributed by atoms with Crippen molar-refractivity contribution in [2.75, 3.05) is 5.32 Å². The number of aromatic nitrogens is 2. The van der Waals surface area contributed by atoms with Gasteiger partial charge in [-0.25, -0.2) is 4.98 Å². The van der Waals surface area contributed by atoms with Crippen molar-refractivity contribution in [1.82, 2.24) is 9.97 Å². The van der Waals surface area contributed by atoms with Gasteiger partial charge in [-0.3, -0.25) is 9.78 Å². The van der Waals surface area contributed by atoms with E-state index in [-0.39, 0.29) is 5.91 Å². The summed E-state index contributed by atoms with van der Waals surface area (Å²) >= 11 is 7.61. The Balaban J connectivity index is 1.65. The van der Waals surface area contributed by atoms with Crippen LogP contribution in [0.15, 0.2) is 60.1 Å². The van der Waals surface area contributed by atoms with Crippen LogP contribution in [-0.2, 0) is 0 Å². The largest absolute Gasteiger partial charge is 0.322 e. The summed E-state index contributed by atoms with van der Waals surface area (Å²) in [5.41, 5.74) is 3.70. The minimum absolute atomic E-state index is 0.201. The fourth-order valence-corrected chi connectivity index (χ4v) is 3.58. The predicted molar refractivity (Wildman–Crippen MR) is 107 cm³/mol. The van der Waals surface area contributed by atoms with Crippen molar-refractivity contribution in [2.45, 2.75) is 6.92 Å². The van der Waals surface area contributed by atoms with E-state index >= 15 is 0 Å². The van der Waals surface area contributed by atoms with Crippen LogP contribution in [0.3, 0.4) is 0 Å². The molecule has 0 saturated heterocycles. The number of anilines is 1. The van der Waals surface area contributed by atoms with E-state index in [1.54, 1.807) is 23.6 Å². The molecule has 1 N–H and O–H groups in total. The number of halogens is 1. The van der Waals surface area contributed by atoms with E-state index in [4.69, 9.17) is 11.6 Å². The molecule has 0 spiro atoms. The molecule has 0 aliphatic heterocycles. The number of carbonyl (C=O) groups is 1. The highest BCUT2D eigenvalue weighted by atomic mass is 35.5. The molecular weight excluding hydrogens is 366 g/mol. The molecule has 128 valence electrons. The molecule has 0 aliphatic rings. The average Bonchev–Trinajstić information content (AvgIpc) is 3.16. The summed E-state index contributed by atoms with van der Waals surface area (Å²) in [7, 11) is 0. The molecule has 1 amide bonds. The quantitative estimate of drug-likeness (QED) is 0.506. The van der Waals surface area contributed by atoms with Crippen LogP contribution in [0.4, 0.5) is 5.69 Å². The zero-order chi connectivity index (χ0) is 18.1.